The van der Waals surface area contributed by atoms with Crippen molar-refractivity contribution in [3.05, 3.63) is 41.7 Å². The average molecular weight is 292 g/mol. The highest BCUT2D eigenvalue weighted by Gasteiger charge is 2.20. The van der Waals surface area contributed by atoms with Crippen molar-refractivity contribution in [1.29, 1.82) is 0 Å². The summed E-state index contributed by atoms with van der Waals surface area (Å²) in [6, 6.07) is 5.28. The lowest BCUT2D eigenvalue weighted by Gasteiger charge is -2.00. The third-order valence-corrected chi connectivity index (χ3v) is 3.27. The van der Waals surface area contributed by atoms with Crippen molar-refractivity contribution in [2.24, 2.45) is 0 Å². The number of rotatable bonds is 1. The highest BCUT2D eigenvalue weighted by molar-refractivity contribution is 5.83. The number of nitrogens with one attached hydrogen (secondary N) is 1. The summed E-state index contributed by atoms with van der Waals surface area (Å²) in [7, 11) is 0. The van der Waals surface area contributed by atoms with Crippen molar-refractivity contribution >= 4 is 11.0 Å². The quantitative estimate of drug-likeness (QED) is 0.699. The van der Waals surface area contributed by atoms with Gasteiger partial charge in [0.1, 0.15) is 5.82 Å². The van der Waals surface area contributed by atoms with E-state index in [1.807, 2.05) is 0 Å². The Morgan fingerprint density at radius 2 is 1.76 bits per heavy atom. The Hall–Kier alpha value is -2.70. The number of ether oxygens (including phenoxy) is 2. The molecule has 0 aliphatic carbocycles. The Kier molecular flexibility index (Phi) is 2.38. The Morgan fingerprint density at radius 3 is 2.57 bits per heavy atom. The second-order valence-corrected chi connectivity index (χ2v) is 4.53. The number of imidazole rings is 1. The van der Waals surface area contributed by atoms with Crippen LogP contribution < -0.4 is 9.47 Å². The van der Waals surface area contributed by atoms with Crippen LogP contribution in [0.15, 0.2) is 24.3 Å². The first-order valence-corrected chi connectivity index (χ1v) is 6.07. The molecule has 0 spiro atoms. The van der Waals surface area contributed by atoms with E-state index in [9.17, 15) is 13.2 Å². The van der Waals surface area contributed by atoms with Crippen LogP contribution in [0.5, 0.6) is 11.5 Å². The van der Waals surface area contributed by atoms with E-state index >= 15 is 0 Å². The van der Waals surface area contributed by atoms with E-state index in [1.165, 1.54) is 0 Å². The maximum atomic E-state index is 13.8. The van der Waals surface area contributed by atoms with E-state index < -0.39 is 17.5 Å². The molecular formula is C14H7F3N2O2. The molecule has 1 aromatic heterocycles. The van der Waals surface area contributed by atoms with Crippen LogP contribution in [0.4, 0.5) is 13.2 Å². The van der Waals surface area contributed by atoms with Gasteiger partial charge in [0.15, 0.2) is 29.0 Å². The molecule has 1 aliphatic rings. The van der Waals surface area contributed by atoms with Crippen LogP contribution in [-0.4, -0.2) is 16.8 Å². The molecule has 0 bridgehead atoms. The maximum absolute atomic E-state index is 13.8. The lowest BCUT2D eigenvalue weighted by molar-refractivity contribution is 0.174. The molecule has 2 heterocycles. The number of H-pyrrole nitrogens is 1. The van der Waals surface area contributed by atoms with Gasteiger partial charge in [-0.2, -0.15) is 0 Å². The van der Waals surface area contributed by atoms with Crippen LogP contribution in [0.25, 0.3) is 22.4 Å². The summed E-state index contributed by atoms with van der Waals surface area (Å²) in [5.41, 5.74) is 0.948. The van der Waals surface area contributed by atoms with Crippen LogP contribution in [0.2, 0.25) is 0 Å². The van der Waals surface area contributed by atoms with Gasteiger partial charge in [-0.15, -0.1) is 0 Å². The Labute approximate surface area is 116 Å². The third-order valence-electron chi connectivity index (χ3n) is 3.27. The topological polar surface area (TPSA) is 47.1 Å². The van der Waals surface area contributed by atoms with Gasteiger partial charge in [-0.3, -0.25) is 0 Å². The molecule has 0 saturated heterocycles. The predicted molar refractivity (Wildman–Crippen MR) is 67.5 cm³/mol. The van der Waals surface area contributed by atoms with Crippen molar-refractivity contribution in [2.75, 3.05) is 6.79 Å². The van der Waals surface area contributed by atoms with Crippen molar-refractivity contribution in [1.82, 2.24) is 9.97 Å². The van der Waals surface area contributed by atoms with Crippen LogP contribution in [-0.2, 0) is 0 Å². The molecule has 0 amide bonds. The minimum Gasteiger partial charge on any atom is -0.454 e. The molecule has 0 radical (unpaired) electrons. The lowest BCUT2D eigenvalue weighted by Crippen LogP contribution is -1.94. The van der Waals surface area contributed by atoms with Crippen LogP contribution in [0, 0.1) is 17.5 Å². The van der Waals surface area contributed by atoms with Gasteiger partial charge in [0.2, 0.25) is 6.79 Å². The predicted octanol–water partition coefficient (Wildman–Crippen LogP) is 3.38. The zero-order valence-electron chi connectivity index (χ0n) is 10.4. The van der Waals surface area contributed by atoms with Crippen molar-refractivity contribution < 1.29 is 22.6 Å². The number of hydrogen-bond donors (Lipinski definition) is 1. The molecule has 1 N–H and O–H groups in total. The van der Waals surface area contributed by atoms with Crippen LogP contribution >= 0.6 is 0 Å². The number of aromatic nitrogens is 2. The molecule has 0 atom stereocenters. The summed E-state index contributed by atoms with van der Waals surface area (Å²) in [6.45, 7) is 0.132. The molecule has 4 rings (SSSR count). The van der Waals surface area contributed by atoms with Crippen molar-refractivity contribution in [3.63, 3.8) is 0 Å². The Balaban J connectivity index is 1.90. The second kappa shape index (κ2) is 4.15. The second-order valence-electron chi connectivity index (χ2n) is 4.53. The molecular weight excluding hydrogens is 285 g/mol. The summed E-state index contributed by atoms with van der Waals surface area (Å²) in [6.07, 6.45) is 0. The average Bonchev–Trinajstić information content (AvgIpc) is 3.07. The molecule has 0 saturated carbocycles. The van der Waals surface area contributed by atoms with E-state index in [2.05, 4.69) is 9.97 Å². The summed E-state index contributed by atoms with van der Waals surface area (Å²) in [4.78, 5) is 7.03. The van der Waals surface area contributed by atoms with E-state index in [0.717, 1.165) is 12.1 Å². The number of halogens is 3. The molecule has 1 aliphatic heterocycles. The van der Waals surface area contributed by atoms with E-state index in [0.29, 0.717) is 22.5 Å². The molecule has 3 aromatic rings. The zero-order chi connectivity index (χ0) is 14.6. The molecule has 2 aromatic carbocycles. The molecule has 0 fully saturated rings. The first kappa shape index (κ1) is 12.1. The fourth-order valence-electron chi connectivity index (χ4n) is 2.24. The smallest absolute Gasteiger partial charge is 0.231 e. The fourth-order valence-corrected chi connectivity index (χ4v) is 2.24. The molecule has 21 heavy (non-hydrogen) atoms. The van der Waals surface area contributed by atoms with Crippen molar-refractivity contribution in [3.8, 4) is 22.9 Å². The minimum absolute atomic E-state index is 0.102. The largest absolute Gasteiger partial charge is 0.454 e. The van der Waals surface area contributed by atoms with Gasteiger partial charge in [0.25, 0.3) is 0 Å². The van der Waals surface area contributed by atoms with Gasteiger partial charge < -0.3 is 14.5 Å². The number of aromatic amines is 1. The van der Waals surface area contributed by atoms with Gasteiger partial charge in [-0.05, 0) is 12.1 Å². The number of fused-ring (bicyclic) bond motifs is 2. The lowest BCUT2D eigenvalue weighted by atomic mass is 10.2. The molecule has 106 valence electrons. The molecule has 0 unspecified atom stereocenters. The van der Waals surface area contributed by atoms with E-state index in [1.54, 1.807) is 12.1 Å². The Bertz CT molecular complexity index is 835. The first-order valence-electron chi connectivity index (χ1n) is 6.07. The molecule has 4 nitrogen and oxygen atoms in total. The summed E-state index contributed by atoms with van der Waals surface area (Å²) < 4.78 is 50.5. The third kappa shape index (κ3) is 1.74. The first-order chi connectivity index (χ1) is 10.1. The zero-order valence-corrected chi connectivity index (χ0v) is 10.4. The van der Waals surface area contributed by atoms with E-state index in [4.69, 9.17) is 9.47 Å². The maximum Gasteiger partial charge on any atom is 0.231 e. The highest BCUT2D eigenvalue weighted by Crippen LogP contribution is 2.36. The Morgan fingerprint density at radius 1 is 1.00 bits per heavy atom. The van der Waals surface area contributed by atoms with Crippen molar-refractivity contribution in [2.45, 2.75) is 0 Å². The van der Waals surface area contributed by atoms with Gasteiger partial charge in [0, 0.05) is 12.1 Å². The summed E-state index contributed by atoms with van der Waals surface area (Å²) in [5.74, 6) is -2.87. The van der Waals surface area contributed by atoms with E-state index in [-0.39, 0.29) is 18.2 Å². The number of benzene rings is 2. The minimum atomic E-state index is -1.53. The van der Waals surface area contributed by atoms with Gasteiger partial charge in [-0.1, -0.05) is 0 Å². The molecule has 7 heteroatoms. The monoisotopic (exact) mass is 292 g/mol. The number of nitrogens with zero attached hydrogens (tertiary/aromatic N) is 1. The van der Waals surface area contributed by atoms with Gasteiger partial charge in [-0.25, -0.2) is 18.2 Å². The van der Waals surface area contributed by atoms with Crippen LogP contribution in [0.3, 0.4) is 0 Å². The van der Waals surface area contributed by atoms with Gasteiger partial charge >= 0.3 is 0 Å². The van der Waals surface area contributed by atoms with Crippen LogP contribution in [0.1, 0.15) is 0 Å². The SMILES string of the molecule is Fc1ccc(-c2nc3cc4c(cc3[nH]2)OCO4)c(F)c1F. The fraction of sp³-hybridized carbons (Fsp3) is 0.0714. The summed E-state index contributed by atoms with van der Waals surface area (Å²) in [5, 5.41) is 0. The standard InChI is InChI=1S/C14H7F3N2O2/c15-7-2-1-6(12(16)13(7)17)14-18-8-3-10-11(21-5-20-10)4-9(8)19-14/h1-4H,5H2,(H,18,19). The van der Waals surface area contributed by atoms with Gasteiger partial charge in [0.05, 0.1) is 16.6 Å². The summed E-state index contributed by atoms with van der Waals surface area (Å²) >= 11 is 0. The number of hydrogen-bond acceptors (Lipinski definition) is 3. The normalized spacial score (nSPS) is 13.1. The highest BCUT2D eigenvalue weighted by atomic mass is 19.2.